The third kappa shape index (κ3) is 1.82. The molecule has 2 rings (SSSR count). The Hall–Kier alpha value is -1.62. The zero-order chi connectivity index (χ0) is 9.97. The predicted molar refractivity (Wildman–Crippen MR) is 52.8 cm³/mol. The molecule has 2 aromatic rings. The molecule has 6 heteroatoms. The van der Waals surface area contributed by atoms with Crippen LogP contribution in [-0.4, -0.2) is 19.7 Å². The number of nitrogens with two attached hydrogens (primary N) is 1. The number of anilines is 1. The van der Waals surface area contributed by atoms with Gasteiger partial charge in [0.2, 0.25) is 5.95 Å². The Kier molecular flexibility index (Phi) is 2.32. The second-order valence-electron chi connectivity index (χ2n) is 2.77. The summed E-state index contributed by atoms with van der Waals surface area (Å²) in [5, 5.41) is 4.56. The number of nitrogen functional groups attached to an aromatic ring is 1. The van der Waals surface area contributed by atoms with E-state index in [2.05, 4.69) is 15.1 Å². The molecule has 2 N–H and O–H groups in total. The average Bonchev–Trinajstić information content (AvgIpc) is 2.56. The highest BCUT2D eigenvalue weighted by atomic mass is 35.5. The molecule has 0 atom stereocenters. The number of pyridine rings is 1. The zero-order valence-corrected chi connectivity index (χ0v) is 8.02. The average molecular weight is 210 g/mol. The minimum atomic E-state index is 0.259. The van der Waals surface area contributed by atoms with Crippen molar-refractivity contribution in [2.75, 3.05) is 5.73 Å². The summed E-state index contributed by atoms with van der Waals surface area (Å²) in [6, 6.07) is 1.83. The molecule has 2 aromatic heterocycles. The van der Waals surface area contributed by atoms with E-state index in [4.69, 9.17) is 17.3 Å². The summed E-state index contributed by atoms with van der Waals surface area (Å²) < 4.78 is 1.62. The Morgan fingerprint density at radius 2 is 2.36 bits per heavy atom. The first-order valence-corrected chi connectivity index (χ1v) is 4.37. The molecule has 0 saturated heterocycles. The van der Waals surface area contributed by atoms with Crippen LogP contribution in [0.2, 0.25) is 5.02 Å². The molecule has 14 heavy (non-hydrogen) atoms. The second-order valence-corrected chi connectivity index (χ2v) is 3.17. The molecule has 2 heterocycles. The summed E-state index contributed by atoms with van der Waals surface area (Å²) in [4.78, 5) is 7.70. The molecule has 0 unspecified atom stereocenters. The molecule has 0 radical (unpaired) electrons. The minimum Gasteiger partial charge on any atom is -0.367 e. The molecule has 0 amide bonds. The molecule has 0 bridgehead atoms. The first kappa shape index (κ1) is 8.96. The second kappa shape index (κ2) is 3.63. The lowest BCUT2D eigenvalue weighted by Crippen LogP contribution is -2.01. The standard InChI is InChI=1S/C8H8ClN5/c9-7-3-11-2-1-6(7)4-14-5-12-8(10)13-14/h1-3,5H,4H2,(H2,10,13). The Bertz CT molecular complexity index is 439. The van der Waals surface area contributed by atoms with Gasteiger partial charge in [0, 0.05) is 12.4 Å². The van der Waals surface area contributed by atoms with Gasteiger partial charge in [-0.25, -0.2) is 9.67 Å². The molecule has 72 valence electrons. The molecule has 0 aromatic carbocycles. The van der Waals surface area contributed by atoms with Crippen LogP contribution >= 0.6 is 11.6 Å². The van der Waals surface area contributed by atoms with E-state index >= 15 is 0 Å². The molecule has 0 spiro atoms. The first-order chi connectivity index (χ1) is 6.75. The summed E-state index contributed by atoms with van der Waals surface area (Å²) in [6.45, 7) is 0.547. The third-order valence-electron chi connectivity index (χ3n) is 1.74. The fraction of sp³-hybridized carbons (Fsp3) is 0.125. The van der Waals surface area contributed by atoms with Crippen LogP contribution in [-0.2, 0) is 6.54 Å². The molecule has 0 aliphatic carbocycles. The van der Waals surface area contributed by atoms with Crippen molar-refractivity contribution in [3.05, 3.63) is 35.4 Å². The van der Waals surface area contributed by atoms with Gasteiger partial charge in [0.25, 0.3) is 0 Å². The van der Waals surface area contributed by atoms with Crippen LogP contribution in [0.4, 0.5) is 5.95 Å². The van der Waals surface area contributed by atoms with E-state index in [9.17, 15) is 0 Å². The smallest absolute Gasteiger partial charge is 0.239 e. The van der Waals surface area contributed by atoms with E-state index in [1.54, 1.807) is 23.4 Å². The predicted octanol–water partition coefficient (Wildman–Crippen LogP) is 0.957. The van der Waals surface area contributed by atoms with E-state index < -0.39 is 0 Å². The van der Waals surface area contributed by atoms with Crippen molar-refractivity contribution in [2.45, 2.75) is 6.54 Å². The van der Waals surface area contributed by atoms with Crippen LogP contribution in [0.5, 0.6) is 0 Å². The van der Waals surface area contributed by atoms with Crippen molar-refractivity contribution in [3.8, 4) is 0 Å². The quantitative estimate of drug-likeness (QED) is 0.800. The summed E-state index contributed by atoms with van der Waals surface area (Å²) in [6.07, 6.45) is 4.84. The lowest BCUT2D eigenvalue weighted by atomic mass is 10.3. The highest BCUT2D eigenvalue weighted by molar-refractivity contribution is 6.31. The number of halogens is 1. The van der Waals surface area contributed by atoms with E-state index in [0.717, 1.165) is 5.56 Å². The molecular weight excluding hydrogens is 202 g/mol. The van der Waals surface area contributed by atoms with Gasteiger partial charge in [-0.2, -0.15) is 0 Å². The maximum atomic E-state index is 5.93. The fourth-order valence-corrected chi connectivity index (χ4v) is 1.27. The summed E-state index contributed by atoms with van der Waals surface area (Å²) >= 11 is 5.93. The van der Waals surface area contributed by atoms with Crippen LogP contribution in [0.3, 0.4) is 0 Å². The van der Waals surface area contributed by atoms with Gasteiger partial charge in [-0.3, -0.25) is 4.98 Å². The van der Waals surface area contributed by atoms with Gasteiger partial charge < -0.3 is 5.73 Å². The van der Waals surface area contributed by atoms with Crippen LogP contribution in [0.15, 0.2) is 24.8 Å². The maximum Gasteiger partial charge on any atom is 0.239 e. The van der Waals surface area contributed by atoms with E-state index in [1.807, 2.05) is 6.07 Å². The van der Waals surface area contributed by atoms with E-state index in [1.165, 1.54) is 0 Å². The SMILES string of the molecule is Nc1ncn(Cc2ccncc2Cl)n1. The highest BCUT2D eigenvalue weighted by Gasteiger charge is 2.01. The summed E-state index contributed by atoms with van der Waals surface area (Å²) in [5.41, 5.74) is 6.32. The van der Waals surface area contributed by atoms with Crippen LogP contribution in [0, 0.1) is 0 Å². The topological polar surface area (TPSA) is 69.6 Å². The van der Waals surface area contributed by atoms with E-state index in [-0.39, 0.29) is 5.95 Å². The van der Waals surface area contributed by atoms with Crippen molar-refractivity contribution in [1.29, 1.82) is 0 Å². The van der Waals surface area contributed by atoms with Gasteiger partial charge in [-0.1, -0.05) is 11.6 Å². The first-order valence-electron chi connectivity index (χ1n) is 3.99. The maximum absolute atomic E-state index is 5.93. The number of hydrogen-bond donors (Lipinski definition) is 1. The van der Waals surface area contributed by atoms with Crippen LogP contribution in [0.25, 0.3) is 0 Å². The lowest BCUT2D eigenvalue weighted by Gasteiger charge is -2.01. The Balaban J connectivity index is 2.23. The molecule has 0 aliphatic rings. The molecule has 0 aliphatic heterocycles. The van der Waals surface area contributed by atoms with Gasteiger partial charge in [-0.15, -0.1) is 5.10 Å². The molecule has 0 saturated carbocycles. The molecule has 0 fully saturated rings. The van der Waals surface area contributed by atoms with Gasteiger partial charge >= 0.3 is 0 Å². The highest BCUT2D eigenvalue weighted by Crippen LogP contribution is 2.14. The van der Waals surface area contributed by atoms with Gasteiger partial charge in [0.15, 0.2) is 0 Å². The zero-order valence-electron chi connectivity index (χ0n) is 7.26. The Morgan fingerprint density at radius 1 is 1.50 bits per heavy atom. The van der Waals surface area contributed by atoms with Gasteiger partial charge in [-0.05, 0) is 11.6 Å². The summed E-state index contributed by atoms with van der Waals surface area (Å²) in [5.74, 6) is 0.259. The molecular formula is C8H8ClN5. The summed E-state index contributed by atoms with van der Waals surface area (Å²) in [7, 11) is 0. The van der Waals surface area contributed by atoms with Crippen molar-refractivity contribution in [3.63, 3.8) is 0 Å². The van der Waals surface area contributed by atoms with Gasteiger partial charge in [0.05, 0.1) is 11.6 Å². The van der Waals surface area contributed by atoms with Crippen molar-refractivity contribution in [2.24, 2.45) is 0 Å². The lowest BCUT2D eigenvalue weighted by molar-refractivity contribution is 0.687. The van der Waals surface area contributed by atoms with Crippen molar-refractivity contribution >= 4 is 17.5 Å². The Morgan fingerprint density at radius 3 is 3.00 bits per heavy atom. The normalized spacial score (nSPS) is 10.4. The van der Waals surface area contributed by atoms with Crippen molar-refractivity contribution in [1.82, 2.24) is 19.7 Å². The number of nitrogens with zero attached hydrogens (tertiary/aromatic N) is 4. The number of rotatable bonds is 2. The van der Waals surface area contributed by atoms with Gasteiger partial charge in [0.1, 0.15) is 6.33 Å². The number of aromatic nitrogens is 4. The number of hydrogen-bond acceptors (Lipinski definition) is 4. The van der Waals surface area contributed by atoms with Crippen LogP contribution < -0.4 is 5.73 Å². The third-order valence-corrected chi connectivity index (χ3v) is 2.08. The monoisotopic (exact) mass is 209 g/mol. The molecule has 5 nitrogen and oxygen atoms in total. The van der Waals surface area contributed by atoms with Crippen LogP contribution in [0.1, 0.15) is 5.56 Å². The Labute approximate surface area is 85.5 Å². The minimum absolute atomic E-state index is 0.259. The van der Waals surface area contributed by atoms with Crippen molar-refractivity contribution < 1.29 is 0 Å². The largest absolute Gasteiger partial charge is 0.367 e. The fourth-order valence-electron chi connectivity index (χ4n) is 1.09. The van der Waals surface area contributed by atoms with E-state index in [0.29, 0.717) is 11.6 Å².